The van der Waals surface area contributed by atoms with Crippen molar-refractivity contribution in [2.75, 3.05) is 0 Å². The molecule has 3 aromatic rings. The highest BCUT2D eigenvalue weighted by Crippen LogP contribution is 2.28. The van der Waals surface area contributed by atoms with Crippen molar-refractivity contribution in [1.29, 1.82) is 0 Å². The predicted molar refractivity (Wildman–Crippen MR) is 105 cm³/mol. The Morgan fingerprint density at radius 3 is 2.12 bits per heavy atom. The Balaban J connectivity index is 1.76. The first-order chi connectivity index (χ1) is 12.2. The van der Waals surface area contributed by atoms with Crippen LogP contribution in [0.1, 0.15) is 29.2 Å². The summed E-state index contributed by atoms with van der Waals surface area (Å²) in [6.07, 6.45) is 1.21. The molecule has 1 amide bonds. The summed E-state index contributed by atoms with van der Waals surface area (Å²) in [6, 6.07) is 28.0. The van der Waals surface area contributed by atoms with Gasteiger partial charge in [-0.05, 0) is 29.2 Å². The smallest absolute Gasteiger partial charge is 0.221 e. The molecular weight excluding hydrogens is 374 g/mol. The van der Waals surface area contributed by atoms with Gasteiger partial charge in [0, 0.05) is 10.9 Å². The standard InChI is InChI=1S/C22H20BrNO/c23-20-14-8-7-13-19(20)22(18-11-5-2-6-12-18)24-21(25)16-15-17-9-3-1-4-10-17/h1-14,22H,15-16H2,(H,24,25)/t22-/m0/s1. The molecular formula is C22H20BrNO. The summed E-state index contributed by atoms with van der Waals surface area (Å²) in [7, 11) is 0. The predicted octanol–water partition coefficient (Wildman–Crippen LogP) is 5.29. The molecule has 25 heavy (non-hydrogen) atoms. The van der Waals surface area contributed by atoms with Crippen LogP contribution in [-0.4, -0.2) is 5.91 Å². The molecule has 0 saturated carbocycles. The molecule has 0 spiro atoms. The van der Waals surface area contributed by atoms with Crippen molar-refractivity contribution in [2.24, 2.45) is 0 Å². The van der Waals surface area contributed by atoms with E-state index in [0.29, 0.717) is 6.42 Å². The second-order valence-corrected chi connectivity index (χ2v) is 6.77. The molecule has 2 nitrogen and oxygen atoms in total. The lowest BCUT2D eigenvalue weighted by Gasteiger charge is -2.21. The van der Waals surface area contributed by atoms with Crippen LogP contribution >= 0.6 is 15.9 Å². The van der Waals surface area contributed by atoms with Crippen molar-refractivity contribution in [3.05, 3.63) is 106 Å². The van der Waals surface area contributed by atoms with E-state index >= 15 is 0 Å². The van der Waals surface area contributed by atoms with Gasteiger partial charge in [-0.1, -0.05) is 94.8 Å². The minimum Gasteiger partial charge on any atom is -0.345 e. The Morgan fingerprint density at radius 2 is 1.44 bits per heavy atom. The molecule has 0 radical (unpaired) electrons. The van der Waals surface area contributed by atoms with Crippen LogP contribution in [0.25, 0.3) is 0 Å². The maximum Gasteiger partial charge on any atom is 0.221 e. The van der Waals surface area contributed by atoms with Gasteiger partial charge in [0.1, 0.15) is 0 Å². The van der Waals surface area contributed by atoms with Gasteiger partial charge in [0.2, 0.25) is 5.91 Å². The minimum atomic E-state index is -0.167. The van der Waals surface area contributed by atoms with Gasteiger partial charge in [0.25, 0.3) is 0 Å². The topological polar surface area (TPSA) is 29.1 Å². The molecule has 0 fully saturated rings. The van der Waals surface area contributed by atoms with E-state index in [1.807, 2.05) is 72.8 Å². The van der Waals surface area contributed by atoms with Gasteiger partial charge in [-0.25, -0.2) is 0 Å². The molecule has 0 unspecified atom stereocenters. The summed E-state index contributed by atoms with van der Waals surface area (Å²) < 4.78 is 0.993. The third kappa shape index (κ3) is 4.80. The summed E-state index contributed by atoms with van der Waals surface area (Å²) >= 11 is 3.61. The molecule has 126 valence electrons. The maximum atomic E-state index is 12.6. The van der Waals surface area contributed by atoms with Gasteiger partial charge in [0.15, 0.2) is 0 Å². The van der Waals surface area contributed by atoms with Crippen LogP contribution in [0.5, 0.6) is 0 Å². The molecule has 3 rings (SSSR count). The van der Waals surface area contributed by atoms with E-state index in [0.717, 1.165) is 22.0 Å². The summed E-state index contributed by atoms with van der Waals surface area (Å²) in [5, 5.41) is 3.19. The number of hydrogen-bond acceptors (Lipinski definition) is 1. The van der Waals surface area contributed by atoms with Crippen LogP contribution in [0.15, 0.2) is 89.4 Å². The lowest BCUT2D eigenvalue weighted by Crippen LogP contribution is -2.29. The Kier molecular flexibility index (Phi) is 6.02. The summed E-state index contributed by atoms with van der Waals surface area (Å²) in [6.45, 7) is 0. The first-order valence-electron chi connectivity index (χ1n) is 8.36. The molecule has 3 heteroatoms. The van der Waals surface area contributed by atoms with Crippen LogP contribution in [0.2, 0.25) is 0 Å². The van der Waals surface area contributed by atoms with E-state index in [1.54, 1.807) is 0 Å². The highest BCUT2D eigenvalue weighted by atomic mass is 79.9. The summed E-state index contributed by atoms with van der Waals surface area (Å²) in [5.74, 6) is 0.0495. The van der Waals surface area contributed by atoms with Crippen molar-refractivity contribution in [3.8, 4) is 0 Å². The number of halogens is 1. The fourth-order valence-electron chi connectivity index (χ4n) is 2.83. The Bertz CT molecular complexity index is 818. The Labute approximate surface area is 157 Å². The van der Waals surface area contributed by atoms with Gasteiger partial charge >= 0.3 is 0 Å². The number of aryl methyl sites for hydroxylation is 1. The second-order valence-electron chi connectivity index (χ2n) is 5.92. The van der Waals surface area contributed by atoms with E-state index in [4.69, 9.17) is 0 Å². The Hall–Kier alpha value is -2.39. The van der Waals surface area contributed by atoms with Gasteiger partial charge < -0.3 is 5.32 Å². The zero-order chi connectivity index (χ0) is 17.5. The third-order valence-corrected chi connectivity index (χ3v) is 4.86. The number of amides is 1. The van der Waals surface area contributed by atoms with Gasteiger partial charge in [-0.3, -0.25) is 4.79 Å². The van der Waals surface area contributed by atoms with Crippen LogP contribution in [0.3, 0.4) is 0 Å². The number of carbonyl (C=O) groups is 1. The first kappa shape index (κ1) is 17.4. The van der Waals surface area contributed by atoms with Crippen molar-refractivity contribution < 1.29 is 4.79 Å². The van der Waals surface area contributed by atoms with Crippen LogP contribution in [0.4, 0.5) is 0 Å². The molecule has 3 aromatic carbocycles. The number of carbonyl (C=O) groups excluding carboxylic acids is 1. The van der Waals surface area contributed by atoms with Crippen molar-refractivity contribution in [1.82, 2.24) is 5.32 Å². The number of benzene rings is 3. The SMILES string of the molecule is O=C(CCc1ccccc1)N[C@@H](c1ccccc1)c1ccccc1Br. The number of hydrogen-bond donors (Lipinski definition) is 1. The van der Waals surface area contributed by atoms with Crippen LogP contribution in [-0.2, 0) is 11.2 Å². The lowest BCUT2D eigenvalue weighted by molar-refractivity contribution is -0.121. The quantitative estimate of drug-likeness (QED) is 0.605. The molecule has 0 heterocycles. The summed E-state index contributed by atoms with van der Waals surface area (Å²) in [4.78, 5) is 12.6. The van der Waals surface area contributed by atoms with Crippen molar-refractivity contribution in [3.63, 3.8) is 0 Å². The minimum absolute atomic E-state index is 0.0495. The third-order valence-electron chi connectivity index (χ3n) is 4.14. The van der Waals surface area contributed by atoms with Crippen molar-refractivity contribution >= 4 is 21.8 Å². The molecule has 0 aliphatic heterocycles. The zero-order valence-corrected chi connectivity index (χ0v) is 15.4. The number of rotatable bonds is 6. The van der Waals surface area contributed by atoms with E-state index in [-0.39, 0.29) is 11.9 Å². The Morgan fingerprint density at radius 1 is 0.840 bits per heavy atom. The zero-order valence-electron chi connectivity index (χ0n) is 13.9. The van der Waals surface area contributed by atoms with E-state index in [1.165, 1.54) is 5.56 Å². The van der Waals surface area contributed by atoms with Gasteiger partial charge in [-0.15, -0.1) is 0 Å². The average molecular weight is 394 g/mol. The fourth-order valence-corrected chi connectivity index (χ4v) is 3.34. The second kappa shape index (κ2) is 8.63. The van der Waals surface area contributed by atoms with E-state index in [9.17, 15) is 4.79 Å². The van der Waals surface area contributed by atoms with Crippen LogP contribution in [0, 0.1) is 0 Å². The molecule has 0 aliphatic rings. The molecule has 0 saturated heterocycles. The largest absolute Gasteiger partial charge is 0.345 e. The highest BCUT2D eigenvalue weighted by Gasteiger charge is 2.18. The normalized spacial score (nSPS) is 11.7. The lowest BCUT2D eigenvalue weighted by atomic mass is 9.98. The molecule has 1 N–H and O–H groups in total. The van der Waals surface area contributed by atoms with E-state index < -0.39 is 0 Å². The first-order valence-corrected chi connectivity index (χ1v) is 9.16. The molecule has 0 aromatic heterocycles. The molecule has 1 atom stereocenters. The van der Waals surface area contributed by atoms with E-state index in [2.05, 4.69) is 33.4 Å². The van der Waals surface area contributed by atoms with Gasteiger partial charge in [0.05, 0.1) is 6.04 Å². The van der Waals surface area contributed by atoms with Crippen molar-refractivity contribution in [2.45, 2.75) is 18.9 Å². The van der Waals surface area contributed by atoms with Gasteiger partial charge in [-0.2, -0.15) is 0 Å². The maximum absolute atomic E-state index is 12.6. The van der Waals surface area contributed by atoms with Crippen LogP contribution < -0.4 is 5.32 Å². The highest BCUT2D eigenvalue weighted by molar-refractivity contribution is 9.10. The fraction of sp³-hybridized carbons (Fsp3) is 0.136. The molecule has 0 bridgehead atoms. The summed E-state index contributed by atoms with van der Waals surface area (Å²) in [5.41, 5.74) is 3.30. The average Bonchev–Trinajstić information content (AvgIpc) is 2.67. The number of nitrogens with one attached hydrogen (secondary N) is 1. The molecule has 0 aliphatic carbocycles. The monoisotopic (exact) mass is 393 g/mol.